The Bertz CT molecular complexity index is 952. The third-order valence-electron chi connectivity index (χ3n) is 6.71. The zero-order valence-corrected chi connectivity index (χ0v) is 18.2. The summed E-state index contributed by atoms with van der Waals surface area (Å²) < 4.78 is 1.82. The molecule has 0 unspecified atom stereocenters. The number of rotatable bonds is 6. The van der Waals surface area contributed by atoms with E-state index in [4.69, 9.17) is 4.98 Å². The van der Waals surface area contributed by atoms with Crippen LogP contribution in [0.1, 0.15) is 74.5 Å². The molecule has 2 aliphatic heterocycles. The first-order valence-electron chi connectivity index (χ1n) is 11.7. The molecular formula is C24H34N4O2. The van der Waals surface area contributed by atoms with E-state index in [1.807, 2.05) is 4.57 Å². The Morgan fingerprint density at radius 3 is 2.90 bits per heavy atom. The van der Waals surface area contributed by atoms with Gasteiger partial charge < -0.3 is 10.2 Å². The van der Waals surface area contributed by atoms with E-state index in [9.17, 15) is 9.59 Å². The molecule has 3 heterocycles. The number of nitrogens with zero attached hydrogens (tertiary/aromatic N) is 3. The van der Waals surface area contributed by atoms with Crippen LogP contribution in [-0.4, -0.2) is 46.0 Å². The van der Waals surface area contributed by atoms with Crippen LogP contribution in [0.3, 0.4) is 0 Å². The second kappa shape index (κ2) is 9.73. The van der Waals surface area contributed by atoms with Crippen LogP contribution in [0.4, 0.5) is 0 Å². The number of likely N-dealkylation sites (tertiary alicyclic amines) is 1. The lowest BCUT2D eigenvalue weighted by Gasteiger charge is -2.35. The van der Waals surface area contributed by atoms with E-state index in [1.54, 1.807) is 18.2 Å². The number of aryl methyl sites for hydroxylation is 1. The standard InChI is InChI=1S/C24H34N4O2/c1-2-19-9-5-7-14-27(19)15-8-13-25-23(29)18-11-12-20-21(17-18)26-22-10-4-3-6-16-28(22)24(20)30/h11-12,17,19H,2-10,13-16H2,1H3,(H,25,29)/t19-/m0/s1. The third-order valence-corrected chi connectivity index (χ3v) is 6.71. The van der Waals surface area contributed by atoms with Gasteiger partial charge in [0, 0.05) is 37.7 Å². The van der Waals surface area contributed by atoms with Crippen molar-refractivity contribution < 1.29 is 4.79 Å². The highest BCUT2D eigenvalue weighted by Crippen LogP contribution is 2.19. The molecule has 162 valence electrons. The summed E-state index contributed by atoms with van der Waals surface area (Å²) in [5, 5.41) is 3.65. The molecule has 0 radical (unpaired) electrons. The number of amides is 1. The van der Waals surface area contributed by atoms with Crippen molar-refractivity contribution in [3.05, 3.63) is 39.9 Å². The van der Waals surface area contributed by atoms with E-state index < -0.39 is 0 Å². The molecule has 1 aromatic carbocycles. The third kappa shape index (κ3) is 4.59. The smallest absolute Gasteiger partial charge is 0.261 e. The average molecular weight is 411 g/mol. The second-order valence-electron chi connectivity index (χ2n) is 8.73. The number of carbonyl (C=O) groups excluding carboxylic acids is 1. The summed E-state index contributed by atoms with van der Waals surface area (Å²) >= 11 is 0. The van der Waals surface area contributed by atoms with Crippen molar-refractivity contribution in [2.45, 2.75) is 77.3 Å². The lowest BCUT2D eigenvalue weighted by Crippen LogP contribution is -2.40. The number of hydrogen-bond acceptors (Lipinski definition) is 4. The van der Waals surface area contributed by atoms with Crippen molar-refractivity contribution in [3.8, 4) is 0 Å². The van der Waals surface area contributed by atoms with Gasteiger partial charge in [0.05, 0.1) is 10.9 Å². The van der Waals surface area contributed by atoms with E-state index in [1.165, 1.54) is 32.2 Å². The normalized spacial score (nSPS) is 20.0. The molecular weight excluding hydrogens is 376 g/mol. The maximum Gasteiger partial charge on any atom is 0.261 e. The summed E-state index contributed by atoms with van der Waals surface area (Å²) in [6.45, 7) is 5.91. The fourth-order valence-corrected chi connectivity index (χ4v) is 4.96. The predicted molar refractivity (Wildman–Crippen MR) is 120 cm³/mol. The minimum absolute atomic E-state index is 0.0240. The molecule has 2 aliphatic rings. The first-order chi connectivity index (χ1) is 14.7. The summed E-state index contributed by atoms with van der Waals surface area (Å²) in [6.07, 6.45) is 10.1. The molecule has 2 aromatic rings. The largest absolute Gasteiger partial charge is 0.352 e. The van der Waals surface area contributed by atoms with Gasteiger partial charge in [-0.05, 0) is 63.3 Å². The summed E-state index contributed by atoms with van der Waals surface area (Å²) in [5.41, 5.74) is 1.24. The van der Waals surface area contributed by atoms with Crippen molar-refractivity contribution in [3.63, 3.8) is 0 Å². The summed E-state index contributed by atoms with van der Waals surface area (Å²) in [5.74, 6) is 0.772. The van der Waals surface area contributed by atoms with Crippen LogP contribution in [0.15, 0.2) is 23.0 Å². The number of nitrogens with one attached hydrogen (secondary N) is 1. The molecule has 0 bridgehead atoms. The van der Waals surface area contributed by atoms with E-state index in [2.05, 4.69) is 17.1 Å². The fourth-order valence-electron chi connectivity index (χ4n) is 4.96. The molecule has 6 heteroatoms. The number of carbonyl (C=O) groups is 1. The molecule has 0 spiro atoms. The van der Waals surface area contributed by atoms with Crippen LogP contribution in [0, 0.1) is 0 Å². The Hall–Kier alpha value is -2.21. The molecule has 1 fully saturated rings. The molecule has 1 aromatic heterocycles. The van der Waals surface area contributed by atoms with Crippen molar-refractivity contribution in [1.82, 2.24) is 19.8 Å². The molecule has 30 heavy (non-hydrogen) atoms. The zero-order valence-electron chi connectivity index (χ0n) is 18.2. The quantitative estimate of drug-likeness (QED) is 0.740. The predicted octanol–water partition coefficient (Wildman–Crippen LogP) is 3.51. The van der Waals surface area contributed by atoms with Crippen LogP contribution in [0.2, 0.25) is 0 Å². The highest BCUT2D eigenvalue weighted by atomic mass is 16.1. The Kier molecular flexibility index (Phi) is 6.82. The minimum atomic E-state index is -0.0839. The van der Waals surface area contributed by atoms with E-state index in [0.717, 1.165) is 51.0 Å². The highest BCUT2D eigenvalue weighted by Gasteiger charge is 2.20. The first-order valence-corrected chi connectivity index (χ1v) is 11.7. The van der Waals surface area contributed by atoms with Gasteiger partial charge in [0.15, 0.2) is 0 Å². The number of aromatic nitrogens is 2. The molecule has 1 amide bonds. The van der Waals surface area contributed by atoms with Crippen LogP contribution < -0.4 is 10.9 Å². The van der Waals surface area contributed by atoms with Gasteiger partial charge in [-0.1, -0.05) is 19.8 Å². The Labute approximate surface area is 178 Å². The van der Waals surface area contributed by atoms with Crippen LogP contribution >= 0.6 is 0 Å². The Balaban J connectivity index is 1.39. The maximum absolute atomic E-state index is 12.8. The van der Waals surface area contributed by atoms with Crippen molar-refractivity contribution in [1.29, 1.82) is 0 Å². The molecule has 0 saturated carbocycles. The molecule has 6 nitrogen and oxygen atoms in total. The number of hydrogen-bond donors (Lipinski definition) is 1. The topological polar surface area (TPSA) is 67.2 Å². The number of piperidine rings is 1. The van der Waals surface area contributed by atoms with Gasteiger partial charge in [-0.3, -0.25) is 14.2 Å². The van der Waals surface area contributed by atoms with Gasteiger partial charge in [-0.25, -0.2) is 4.98 Å². The maximum atomic E-state index is 12.8. The van der Waals surface area contributed by atoms with Gasteiger partial charge in [0.25, 0.3) is 11.5 Å². The Morgan fingerprint density at radius 2 is 2.03 bits per heavy atom. The average Bonchev–Trinajstić information content (AvgIpc) is 3.02. The summed E-state index contributed by atoms with van der Waals surface area (Å²) in [7, 11) is 0. The van der Waals surface area contributed by atoms with Crippen molar-refractivity contribution in [2.24, 2.45) is 0 Å². The SMILES string of the molecule is CC[C@H]1CCCCN1CCCNC(=O)c1ccc2c(=O)n3c(nc2c1)CCCCC3. The molecule has 1 saturated heterocycles. The number of benzene rings is 1. The Morgan fingerprint density at radius 1 is 1.17 bits per heavy atom. The van der Waals surface area contributed by atoms with E-state index in [-0.39, 0.29) is 11.5 Å². The highest BCUT2D eigenvalue weighted by molar-refractivity contribution is 5.97. The monoisotopic (exact) mass is 410 g/mol. The molecule has 1 atom stereocenters. The fraction of sp³-hybridized carbons (Fsp3) is 0.625. The van der Waals surface area contributed by atoms with Gasteiger partial charge >= 0.3 is 0 Å². The zero-order chi connectivity index (χ0) is 20.9. The van der Waals surface area contributed by atoms with Crippen LogP contribution in [0.25, 0.3) is 10.9 Å². The van der Waals surface area contributed by atoms with Crippen LogP contribution in [-0.2, 0) is 13.0 Å². The summed E-state index contributed by atoms with van der Waals surface area (Å²) in [4.78, 5) is 32.8. The van der Waals surface area contributed by atoms with E-state index >= 15 is 0 Å². The van der Waals surface area contributed by atoms with Gasteiger partial charge in [0.2, 0.25) is 0 Å². The van der Waals surface area contributed by atoms with Gasteiger partial charge in [-0.15, -0.1) is 0 Å². The van der Waals surface area contributed by atoms with Gasteiger partial charge in [-0.2, -0.15) is 0 Å². The second-order valence-corrected chi connectivity index (χ2v) is 8.73. The molecule has 4 rings (SSSR count). The van der Waals surface area contributed by atoms with Gasteiger partial charge in [0.1, 0.15) is 5.82 Å². The summed E-state index contributed by atoms with van der Waals surface area (Å²) in [6, 6.07) is 5.99. The lowest BCUT2D eigenvalue weighted by molar-refractivity contribution is 0.0947. The van der Waals surface area contributed by atoms with Crippen molar-refractivity contribution >= 4 is 16.8 Å². The van der Waals surface area contributed by atoms with E-state index in [0.29, 0.717) is 29.1 Å². The molecule has 0 aliphatic carbocycles. The number of fused-ring (bicyclic) bond motifs is 2. The first kappa shape index (κ1) is 21.0. The molecule has 1 N–H and O–H groups in total. The van der Waals surface area contributed by atoms with Crippen LogP contribution in [0.5, 0.6) is 0 Å². The van der Waals surface area contributed by atoms with Crippen molar-refractivity contribution in [2.75, 3.05) is 19.6 Å². The lowest BCUT2D eigenvalue weighted by atomic mass is 10.00. The minimum Gasteiger partial charge on any atom is -0.352 e.